The summed E-state index contributed by atoms with van der Waals surface area (Å²) in [6, 6.07) is 7.21. The second-order valence-corrected chi connectivity index (χ2v) is 5.59. The van der Waals surface area contributed by atoms with Crippen molar-refractivity contribution in [2.24, 2.45) is 0 Å². The van der Waals surface area contributed by atoms with E-state index in [-0.39, 0.29) is 11.7 Å². The molecule has 0 unspecified atom stereocenters. The molecule has 0 aliphatic heterocycles. The molecule has 2 aromatic rings. The lowest BCUT2D eigenvalue weighted by Crippen LogP contribution is -2.15. The number of rotatable bonds is 4. The van der Waals surface area contributed by atoms with Crippen LogP contribution in [0.2, 0.25) is 5.02 Å². The highest BCUT2D eigenvalue weighted by molar-refractivity contribution is 8.00. The zero-order chi connectivity index (χ0) is 14.5. The van der Waals surface area contributed by atoms with E-state index in [4.69, 9.17) is 17.3 Å². The Morgan fingerprint density at radius 1 is 1.45 bits per heavy atom. The average molecular weight is 308 g/mol. The number of nitrogen functional groups attached to an aromatic ring is 1. The number of hydrogen-bond donors (Lipinski definition) is 2. The molecule has 0 saturated heterocycles. The summed E-state index contributed by atoms with van der Waals surface area (Å²) in [7, 11) is 0. The Hall–Kier alpha value is -1.72. The Morgan fingerprint density at radius 3 is 3.00 bits per heavy atom. The number of anilines is 2. The summed E-state index contributed by atoms with van der Waals surface area (Å²) in [6.07, 6.45) is 3.22. The van der Waals surface area contributed by atoms with Crippen molar-refractivity contribution in [2.45, 2.75) is 11.8 Å². The first-order chi connectivity index (χ1) is 9.58. The van der Waals surface area contributed by atoms with Crippen LogP contribution in [0, 0.1) is 6.92 Å². The van der Waals surface area contributed by atoms with Gasteiger partial charge in [0.2, 0.25) is 5.91 Å². The fourth-order valence-corrected chi connectivity index (χ4v) is 2.51. The minimum Gasteiger partial charge on any atom is -0.397 e. The lowest BCUT2D eigenvalue weighted by molar-refractivity contribution is -0.113. The third kappa shape index (κ3) is 3.65. The number of pyridine rings is 1. The van der Waals surface area contributed by atoms with Gasteiger partial charge in [0.1, 0.15) is 0 Å². The first-order valence-corrected chi connectivity index (χ1v) is 7.31. The van der Waals surface area contributed by atoms with Crippen molar-refractivity contribution in [3.05, 3.63) is 47.2 Å². The number of amides is 1. The molecule has 0 saturated carbocycles. The second kappa shape index (κ2) is 6.63. The molecule has 0 fully saturated rings. The number of halogens is 1. The Balaban J connectivity index is 1.96. The van der Waals surface area contributed by atoms with Crippen LogP contribution < -0.4 is 11.1 Å². The van der Waals surface area contributed by atoms with E-state index in [1.807, 2.05) is 13.0 Å². The van der Waals surface area contributed by atoms with E-state index in [0.717, 1.165) is 16.1 Å². The molecule has 0 atom stereocenters. The molecular weight excluding hydrogens is 294 g/mol. The summed E-state index contributed by atoms with van der Waals surface area (Å²) >= 11 is 7.39. The zero-order valence-electron chi connectivity index (χ0n) is 10.9. The highest BCUT2D eigenvalue weighted by Crippen LogP contribution is 2.25. The molecule has 4 nitrogen and oxygen atoms in total. The maximum absolute atomic E-state index is 11.9. The molecule has 0 aliphatic rings. The van der Waals surface area contributed by atoms with E-state index >= 15 is 0 Å². The summed E-state index contributed by atoms with van der Waals surface area (Å²) in [5.41, 5.74) is 7.93. The maximum atomic E-state index is 11.9. The number of carbonyl (C=O) groups is 1. The molecule has 2 rings (SSSR count). The predicted octanol–water partition coefficient (Wildman–Crippen LogP) is 3.36. The minimum absolute atomic E-state index is 0.100. The van der Waals surface area contributed by atoms with Gasteiger partial charge in [-0.05, 0) is 30.7 Å². The van der Waals surface area contributed by atoms with Crippen molar-refractivity contribution in [3.8, 4) is 0 Å². The Labute approximate surface area is 126 Å². The quantitative estimate of drug-likeness (QED) is 0.850. The first-order valence-electron chi connectivity index (χ1n) is 5.95. The molecule has 0 aliphatic carbocycles. The van der Waals surface area contributed by atoms with Gasteiger partial charge in [0.05, 0.1) is 17.6 Å². The molecule has 20 heavy (non-hydrogen) atoms. The summed E-state index contributed by atoms with van der Waals surface area (Å²) in [4.78, 5) is 16.7. The predicted molar refractivity (Wildman–Crippen MR) is 84.2 cm³/mol. The van der Waals surface area contributed by atoms with Crippen LogP contribution in [0.1, 0.15) is 5.56 Å². The van der Waals surface area contributed by atoms with Crippen LogP contribution in [0.5, 0.6) is 0 Å². The minimum atomic E-state index is -0.100. The van der Waals surface area contributed by atoms with E-state index in [0.29, 0.717) is 10.7 Å². The lowest BCUT2D eigenvalue weighted by atomic mass is 10.2. The molecule has 1 amide bonds. The molecule has 1 heterocycles. The highest BCUT2D eigenvalue weighted by atomic mass is 35.5. The number of nitrogens with zero attached hydrogens (tertiary/aromatic N) is 1. The number of hydrogen-bond acceptors (Lipinski definition) is 4. The third-order valence-electron chi connectivity index (χ3n) is 2.71. The molecule has 0 radical (unpaired) electrons. The van der Waals surface area contributed by atoms with Crippen molar-refractivity contribution in [1.29, 1.82) is 0 Å². The van der Waals surface area contributed by atoms with Crippen molar-refractivity contribution in [2.75, 3.05) is 16.8 Å². The molecule has 1 aromatic carbocycles. The molecule has 0 bridgehead atoms. The molecular formula is C14H14ClN3OS. The highest BCUT2D eigenvalue weighted by Gasteiger charge is 2.08. The van der Waals surface area contributed by atoms with Gasteiger partial charge in [0.25, 0.3) is 0 Å². The molecule has 6 heteroatoms. The van der Waals surface area contributed by atoms with Crippen LogP contribution in [-0.4, -0.2) is 16.6 Å². The van der Waals surface area contributed by atoms with Gasteiger partial charge in [-0.25, -0.2) is 0 Å². The van der Waals surface area contributed by atoms with E-state index in [2.05, 4.69) is 10.3 Å². The van der Waals surface area contributed by atoms with E-state index in [1.54, 1.807) is 30.6 Å². The average Bonchev–Trinajstić information content (AvgIpc) is 2.43. The van der Waals surface area contributed by atoms with Gasteiger partial charge >= 0.3 is 0 Å². The number of thioether (sulfide) groups is 1. The monoisotopic (exact) mass is 307 g/mol. The number of nitrogens with one attached hydrogen (secondary N) is 1. The molecule has 3 N–H and O–H groups in total. The fourth-order valence-electron chi connectivity index (χ4n) is 1.60. The van der Waals surface area contributed by atoms with E-state index in [9.17, 15) is 4.79 Å². The van der Waals surface area contributed by atoms with Gasteiger partial charge in [-0.1, -0.05) is 17.7 Å². The fraction of sp³-hybridized carbons (Fsp3) is 0.143. The summed E-state index contributed by atoms with van der Waals surface area (Å²) in [5.74, 6) is 0.178. The van der Waals surface area contributed by atoms with Crippen LogP contribution in [0.25, 0.3) is 0 Å². The van der Waals surface area contributed by atoms with Crippen LogP contribution >= 0.6 is 23.4 Å². The smallest absolute Gasteiger partial charge is 0.234 e. The standard InChI is InChI=1S/C14H14ClN3OS/c1-9-10(15)3-2-4-12(9)18-14(19)8-20-13-5-6-17-7-11(13)16/h2-7H,8,16H2,1H3,(H,18,19). The maximum Gasteiger partial charge on any atom is 0.234 e. The zero-order valence-corrected chi connectivity index (χ0v) is 12.5. The Kier molecular flexibility index (Phi) is 4.87. The molecule has 104 valence electrons. The summed E-state index contributed by atoms with van der Waals surface area (Å²) < 4.78 is 0. The van der Waals surface area contributed by atoms with Gasteiger partial charge in [-0.3, -0.25) is 9.78 Å². The number of aromatic nitrogens is 1. The van der Waals surface area contributed by atoms with Gasteiger partial charge in [0, 0.05) is 21.8 Å². The van der Waals surface area contributed by atoms with Crippen molar-refractivity contribution >= 4 is 40.6 Å². The molecule has 0 spiro atoms. The van der Waals surface area contributed by atoms with Gasteiger partial charge in [-0.2, -0.15) is 0 Å². The van der Waals surface area contributed by atoms with Crippen molar-refractivity contribution in [3.63, 3.8) is 0 Å². The topological polar surface area (TPSA) is 68.0 Å². The van der Waals surface area contributed by atoms with E-state index < -0.39 is 0 Å². The van der Waals surface area contributed by atoms with Crippen LogP contribution in [-0.2, 0) is 4.79 Å². The summed E-state index contributed by atoms with van der Waals surface area (Å²) in [6.45, 7) is 1.87. The Bertz CT molecular complexity index is 634. The van der Waals surface area contributed by atoms with Crippen molar-refractivity contribution in [1.82, 2.24) is 4.98 Å². The number of benzene rings is 1. The van der Waals surface area contributed by atoms with Gasteiger partial charge in [0.15, 0.2) is 0 Å². The third-order valence-corrected chi connectivity index (χ3v) is 4.21. The normalized spacial score (nSPS) is 10.3. The van der Waals surface area contributed by atoms with Crippen LogP contribution in [0.15, 0.2) is 41.6 Å². The van der Waals surface area contributed by atoms with Gasteiger partial charge < -0.3 is 11.1 Å². The number of nitrogens with two attached hydrogens (primary N) is 1. The Morgan fingerprint density at radius 2 is 2.25 bits per heavy atom. The molecule has 1 aromatic heterocycles. The van der Waals surface area contributed by atoms with Crippen LogP contribution in [0.4, 0.5) is 11.4 Å². The largest absolute Gasteiger partial charge is 0.397 e. The lowest BCUT2D eigenvalue weighted by Gasteiger charge is -2.09. The van der Waals surface area contributed by atoms with Crippen LogP contribution in [0.3, 0.4) is 0 Å². The van der Waals surface area contributed by atoms with Gasteiger partial charge in [-0.15, -0.1) is 11.8 Å². The number of carbonyl (C=O) groups excluding carboxylic acids is 1. The summed E-state index contributed by atoms with van der Waals surface area (Å²) in [5, 5.41) is 3.47. The van der Waals surface area contributed by atoms with E-state index in [1.165, 1.54) is 11.8 Å². The first kappa shape index (κ1) is 14.7. The van der Waals surface area contributed by atoms with Crippen molar-refractivity contribution < 1.29 is 4.79 Å². The second-order valence-electron chi connectivity index (χ2n) is 4.16. The SMILES string of the molecule is Cc1c(Cl)cccc1NC(=O)CSc1ccncc1N.